The maximum absolute atomic E-state index is 5.96. The van der Waals surface area contributed by atoms with Crippen LogP contribution in [0.5, 0.6) is 0 Å². The van der Waals surface area contributed by atoms with Gasteiger partial charge in [-0.2, -0.15) is 5.10 Å². The minimum Gasteiger partial charge on any atom is -0.300 e. The Labute approximate surface area is 124 Å². The van der Waals surface area contributed by atoms with Crippen LogP contribution in [0, 0.1) is 0 Å². The molecule has 1 heterocycles. The Hall–Kier alpha value is -0.770. The molecule has 0 saturated carbocycles. The van der Waals surface area contributed by atoms with Crippen molar-refractivity contribution in [2.75, 3.05) is 18.5 Å². The van der Waals surface area contributed by atoms with E-state index in [1.54, 1.807) is 12.1 Å². The van der Waals surface area contributed by atoms with Gasteiger partial charge in [-0.1, -0.05) is 23.2 Å². The Kier molecular flexibility index (Phi) is 5.08. The molecule has 1 aromatic rings. The summed E-state index contributed by atoms with van der Waals surface area (Å²) in [6.45, 7) is 6.63. The van der Waals surface area contributed by atoms with Crippen molar-refractivity contribution < 1.29 is 0 Å². The van der Waals surface area contributed by atoms with Gasteiger partial charge in [-0.3, -0.25) is 5.43 Å². The summed E-state index contributed by atoms with van der Waals surface area (Å²) in [6, 6.07) is 6.05. The lowest BCUT2D eigenvalue weighted by Crippen LogP contribution is -2.38. The Morgan fingerprint density at radius 3 is 2.42 bits per heavy atom. The van der Waals surface area contributed by atoms with Crippen molar-refractivity contribution in [3.8, 4) is 0 Å². The molecular formula is C14H19Cl2N3. The van der Waals surface area contributed by atoms with E-state index in [9.17, 15) is 0 Å². The predicted molar refractivity (Wildman–Crippen MR) is 83.5 cm³/mol. The van der Waals surface area contributed by atoms with E-state index in [0.717, 1.165) is 31.6 Å². The number of halogens is 2. The quantitative estimate of drug-likeness (QED) is 0.844. The number of benzene rings is 1. The van der Waals surface area contributed by atoms with E-state index in [2.05, 4.69) is 29.3 Å². The van der Waals surface area contributed by atoms with Crippen molar-refractivity contribution in [2.24, 2.45) is 5.10 Å². The van der Waals surface area contributed by atoms with E-state index < -0.39 is 0 Å². The normalized spacial score (nSPS) is 16.8. The first-order valence-electron chi connectivity index (χ1n) is 6.57. The first-order chi connectivity index (χ1) is 9.06. The van der Waals surface area contributed by atoms with Crippen LogP contribution < -0.4 is 5.43 Å². The average Bonchev–Trinajstić information content (AvgIpc) is 2.40. The fraction of sp³-hybridized carbons (Fsp3) is 0.500. The lowest BCUT2D eigenvalue weighted by molar-refractivity contribution is 0.222. The molecule has 1 aromatic carbocycles. The largest absolute Gasteiger partial charge is 0.300 e. The van der Waals surface area contributed by atoms with Gasteiger partial charge in [-0.05, 0) is 32.0 Å². The Bertz CT molecular complexity index is 462. The number of piperidine rings is 1. The van der Waals surface area contributed by atoms with Crippen LogP contribution in [0.1, 0.15) is 26.7 Å². The minimum absolute atomic E-state index is 0.543. The first-order valence-corrected chi connectivity index (χ1v) is 7.32. The zero-order chi connectivity index (χ0) is 13.8. The van der Waals surface area contributed by atoms with Gasteiger partial charge in [-0.25, -0.2) is 0 Å². The van der Waals surface area contributed by atoms with E-state index in [0.29, 0.717) is 16.1 Å². The maximum Gasteiger partial charge on any atom is 0.0613 e. The molecule has 1 fully saturated rings. The fourth-order valence-corrected chi connectivity index (χ4v) is 2.42. The third-order valence-corrected chi connectivity index (χ3v) is 4.11. The molecule has 0 aliphatic carbocycles. The number of hydrogen-bond donors (Lipinski definition) is 1. The smallest absolute Gasteiger partial charge is 0.0613 e. The highest BCUT2D eigenvalue weighted by Crippen LogP contribution is 2.25. The van der Waals surface area contributed by atoms with Gasteiger partial charge in [-0.15, -0.1) is 0 Å². The van der Waals surface area contributed by atoms with Crippen LogP contribution in [0.4, 0.5) is 5.69 Å². The monoisotopic (exact) mass is 299 g/mol. The Morgan fingerprint density at radius 2 is 1.84 bits per heavy atom. The lowest BCUT2D eigenvalue weighted by Gasteiger charge is -2.30. The second-order valence-electron chi connectivity index (χ2n) is 5.05. The molecule has 0 radical (unpaired) electrons. The molecule has 1 aliphatic heterocycles. The topological polar surface area (TPSA) is 27.6 Å². The molecule has 0 bridgehead atoms. The molecule has 1 saturated heterocycles. The molecule has 1 N–H and O–H groups in total. The molecule has 19 heavy (non-hydrogen) atoms. The summed E-state index contributed by atoms with van der Waals surface area (Å²) in [7, 11) is 0. The van der Waals surface area contributed by atoms with Crippen molar-refractivity contribution >= 4 is 34.6 Å². The first kappa shape index (κ1) is 14.6. The molecule has 104 valence electrons. The van der Waals surface area contributed by atoms with Crippen LogP contribution in [0.15, 0.2) is 23.3 Å². The molecule has 5 heteroatoms. The summed E-state index contributed by atoms with van der Waals surface area (Å²) in [6.07, 6.45) is 2.04. The van der Waals surface area contributed by atoms with Gasteiger partial charge in [0.25, 0.3) is 0 Å². The average molecular weight is 300 g/mol. The van der Waals surface area contributed by atoms with Crippen LogP contribution in [0.25, 0.3) is 0 Å². The number of anilines is 1. The summed E-state index contributed by atoms with van der Waals surface area (Å²) in [4.78, 5) is 2.47. The van der Waals surface area contributed by atoms with Crippen molar-refractivity contribution in [2.45, 2.75) is 32.7 Å². The lowest BCUT2D eigenvalue weighted by atomic mass is 10.1. The highest BCUT2D eigenvalue weighted by molar-refractivity contribution is 6.42. The second kappa shape index (κ2) is 6.60. The van der Waals surface area contributed by atoms with Crippen LogP contribution in [0.3, 0.4) is 0 Å². The number of hydrogen-bond acceptors (Lipinski definition) is 3. The summed E-state index contributed by atoms with van der Waals surface area (Å²) in [5.74, 6) is 0. The van der Waals surface area contributed by atoms with Crippen molar-refractivity contribution in [3.63, 3.8) is 0 Å². The zero-order valence-corrected chi connectivity index (χ0v) is 12.8. The number of nitrogens with zero attached hydrogens (tertiary/aromatic N) is 2. The number of nitrogens with one attached hydrogen (secondary N) is 1. The van der Waals surface area contributed by atoms with Gasteiger partial charge in [0.05, 0.1) is 15.7 Å². The van der Waals surface area contributed by atoms with E-state index in [4.69, 9.17) is 23.2 Å². The maximum atomic E-state index is 5.96. The van der Waals surface area contributed by atoms with Gasteiger partial charge in [0.2, 0.25) is 0 Å². The van der Waals surface area contributed by atoms with Crippen molar-refractivity contribution in [1.29, 1.82) is 0 Å². The third-order valence-electron chi connectivity index (χ3n) is 3.37. The molecule has 1 aliphatic rings. The Balaban J connectivity index is 1.91. The SMILES string of the molecule is CC(C)N1CCC(=NNc2ccc(Cl)c(Cl)c2)CC1. The Morgan fingerprint density at radius 1 is 1.16 bits per heavy atom. The summed E-state index contributed by atoms with van der Waals surface area (Å²) < 4.78 is 0. The van der Waals surface area contributed by atoms with Gasteiger partial charge < -0.3 is 4.90 Å². The van der Waals surface area contributed by atoms with Gasteiger partial charge in [0.15, 0.2) is 0 Å². The molecule has 0 atom stereocenters. The zero-order valence-electron chi connectivity index (χ0n) is 11.3. The number of rotatable bonds is 3. The van der Waals surface area contributed by atoms with Crippen molar-refractivity contribution in [1.82, 2.24) is 4.90 Å². The van der Waals surface area contributed by atoms with E-state index in [1.807, 2.05) is 6.07 Å². The van der Waals surface area contributed by atoms with E-state index in [-0.39, 0.29) is 0 Å². The third kappa shape index (κ3) is 4.10. The summed E-state index contributed by atoms with van der Waals surface area (Å²) in [5.41, 5.74) is 5.13. The van der Waals surface area contributed by atoms with Crippen LogP contribution in [-0.4, -0.2) is 29.7 Å². The molecule has 3 nitrogen and oxygen atoms in total. The molecule has 0 aromatic heterocycles. The van der Waals surface area contributed by atoms with E-state index in [1.165, 1.54) is 5.71 Å². The standard InChI is InChI=1S/C14H19Cl2N3/c1-10(2)19-7-5-11(6-8-19)17-18-12-3-4-13(15)14(16)9-12/h3-4,9-10,18H,5-8H2,1-2H3. The van der Waals surface area contributed by atoms with Crippen molar-refractivity contribution in [3.05, 3.63) is 28.2 Å². The van der Waals surface area contributed by atoms with Gasteiger partial charge in [0, 0.05) is 37.7 Å². The highest BCUT2D eigenvalue weighted by Gasteiger charge is 2.16. The fourth-order valence-electron chi connectivity index (χ4n) is 2.12. The summed E-state index contributed by atoms with van der Waals surface area (Å²) in [5, 5.41) is 5.56. The molecule has 0 spiro atoms. The second-order valence-corrected chi connectivity index (χ2v) is 5.86. The minimum atomic E-state index is 0.543. The van der Waals surface area contributed by atoms with Gasteiger partial charge >= 0.3 is 0 Å². The van der Waals surface area contributed by atoms with Crippen LogP contribution in [0.2, 0.25) is 10.0 Å². The predicted octanol–water partition coefficient (Wildman–Crippen LogP) is 4.27. The van der Waals surface area contributed by atoms with Gasteiger partial charge in [0.1, 0.15) is 0 Å². The molecule has 0 amide bonds. The molecular weight excluding hydrogens is 281 g/mol. The molecule has 0 unspecified atom stereocenters. The molecule has 2 rings (SSSR count). The number of likely N-dealkylation sites (tertiary alicyclic amines) is 1. The van der Waals surface area contributed by atoms with E-state index >= 15 is 0 Å². The summed E-state index contributed by atoms with van der Waals surface area (Å²) >= 11 is 11.8. The highest BCUT2D eigenvalue weighted by atomic mass is 35.5. The van der Waals surface area contributed by atoms with Crippen LogP contribution >= 0.6 is 23.2 Å². The van der Waals surface area contributed by atoms with Crippen LogP contribution in [-0.2, 0) is 0 Å². The number of hydrazone groups is 1.